The number of aryl methyl sites for hydroxylation is 1. The largest absolute Gasteiger partial charge is 0.396 e. The van der Waals surface area contributed by atoms with Gasteiger partial charge in [0.05, 0.1) is 6.20 Å². The number of hydrogen-bond donors (Lipinski definition) is 2. The molecule has 1 heterocycles. The van der Waals surface area contributed by atoms with E-state index in [1.165, 1.54) is 6.08 Å². The Hall–Kier alpha value is -1.62. The summed E-state index contributed by atoms with van der Waals surface area (Å²) in [4.78, 5) is 11.6. The van der Waals surface area contributed by atoms with Crippen LogP contribution >= 0.6 is 0 Å². The summed E-state index contributed by atoms with van der Waals surface area (Å²) in [5.74, 6) is -0.134. The molecule has 1 aromatic heterocycles. The molecule has 0 fully saturated rings. The fourth-order valence-corrected chi connectivity index (χ4v) is 1.47. The Bertz CT molecular complexity index is 422. The summed E-state index contributed by atoms with van der Waals surface area (Å²) < 4.78 is 1.68. The Kier molecular flexibility index (Phi) is 5.09. The van der Waals surface area contributed by atoms with Gasteiger partial charge < -0.3 is 10.4 Å². The van der Waals surface area contributed by atoms with Crippen molar-refractivity contribution in [3.05, 3.63) is 24.0 Å². The van der Waals surface area contributed by atoms with Gasteiger partial charge in [-0.2, -0.15) is 5.10 Å². The summed E-state index contributed by atoms with van der Waals surface area (Å²) in [6.45, 7) is 4.70. The van der Waals surface area contributed by atoms with Gasteiger partial charge in [-0.1, -0.05) is 13.8 Å². The number of carbonyl (C=O) groups excluding carboxylic acids is 1. The molecule has 2 N–H and O–H groups in total. The van der Waals surface area contributed by atoms with Crippen LogP contribution in [0.15, 0.2) is 18.5 Å². The van der Waals surface area contributed by atoms with Gasteiger partial charge in [0.2, 0.25) is 5.91 Å². The van der Waals surface area contributed by atoms with Crippen molar-refractivity contribution >= 4 is 12.0 Å². The summed E-state index contributed by atoms with van der Waals surface area (Å²) in [7, 11) is 1.83. The number of aliphatic hydroxyl groups excluding tert-OH is 1. The molecule has 5 heteroatoms. The Morgan fingerprint density at radius 3 is 2.89 bits per heavy atom. The molecule has 0 bridgehead atoms. The second-order valence-electron chi connectivity index (χ2n) is 5.14. The molecule has 1 aromatic rings. The molecule has 0 aliphatic carbocycles. The highest BCUT2D eigenvalue weighted by molar-refractivity contribution is 5.91. The van der Waals surface area contributed by atoms with Crippen molar-refractivity contribution in [2.24, 2.45) is 12.5 Å². The maximum Gasteiger partial charge on any atom is 0.244 e. The maximum absolute atomic E-state index is 11.6. The summed E-state index contributed by atoms with van der Waals surface area (Å²) in [5, 5.41) is 15.7. The second kappa shape index (κ2) is 6.35. The van der Waals surface area contributed by atoms with Crippen LogP contribution in [-0.2, 0) is 11.8 Å². The first-order valence-electron chi connectivity index (χ1n) is 5.98. The quantitative estimate of drug-likeness (QED) is 0.740. The molecule has 5 nitrogen and oxygen atoms in total. The molecule has 0 radical (unpaired) electrons. The van der Waals surface area contributed by atoms with Crippen LogP contribution in [0.5, 0.6) is 0 Å². The van der Waals surface area contributed by atoms with E-state index in [4.69, 9.17) is 5.11 Å². The molecule has 100 valence electrons. The fourth-order valence-electron chi connectivity index (χ4n) is 1.47. The van der Waals surface area contributed by atoms with Crippen LogP contribution in [0.1, 0.15) is 25.8 Å². The van der Waals surface area contributed by atoms with Crippen LogP contribution in [0.2, 0.25) is 0 Å². The van der Waals surface area contributed by atoms with Crippen molar-refractivity contribution in [3.63, 3.8) is 0 Å². The molecule has 0 aliphatic heterocycles. The van der Waals surface area contributed by atoms with Gasteiger partial charge in [0.15, 0.2) is 0 Å². The SMILES string of the molecule is Cn1cc(/C=C/C(=O)NCC(C)(C)CCO)cn1. The lowest BCUT2D eigenvalue weighted by Crippen LogP contribution is -2.33. The van der Waals surface area contributed by atoms with E-state index < -0.39 is 0 Å². The third-order valence-electron chi connectivity index (χ3n) is 2.68. The lowest BCUT2D eigenvalue weighted by molar-refractivity contribution is -0.116. The van der Waals surface area contributed by atoms with E-state index >= 15 is 0 Å². The standard InChI is InChI=1S/C13H21N3O2/c1-13(2,6-7-17)10-14-12(18)5-4-11-8-15-16(3)9-11/h4-5,8-9,17H,6-7,10H2,1-3H3,(H,14,18)/b5-4+. The number of nitrogens with one attached hydrogen (secondary N) is 1. The number of rotatable bonds is 6. The zero-order valence-electron chi connectivity index (χ0n) is 11.2. The van der Waals surface area contributed by atoms with E-state index in [-0.39, 0.29) is 17.9 Å². The predicted molar refractivity (Wildman–Crippen MR) is 70.7 cm³/mol. The van der Waals surface area contributed by atoms with Gasteiger partial charge in [0, 0.05) is 38.0 Å². The Balaban J connectivity index is 2.40. The molecule has 1 rings (SSSR count). The topological polar surface area (TPSA) is 67.2 Å². The normalized spacial score (nSPS) is 12.0. The highest BCUT2D eigenvalue weighted by atomic mass is 16.3. The lowest BCUT2D eigenvalue weighted by Gasteiger charge is -2.23. The number of hydrogen-bond acceptors (Lipinski definition) is 3. The Morgan fingerprint density at radius 2 is 2.33 bits per heavy atom. The van der Waals surface area contributed by atoms with Crippen molar-refractivity contribution in [3.8, 4) is 0 Å². The molecule has 0 aliphatic rings. The van der Waals surface area contributed by atoms with Gasteiger partial charge >= 0.3 is 0 Å². The summed E-state index contributed by atoms with van der Waals surface area (Å²) in [5.41, 5.74) is 0.800. The van der Waals surface area contributed by atoms with E-state index in [0.717, 1.165) is 5.56 Å². The Labute approximate surface area is 108 Å². The fraction of sp³-hybridized carbons (Fsp3) is 0.538. The number of aromatic nitrogens is 2. The van der Waals surface area contributed by atoms with Gasteiger partial charge in [-0.3, -0.25) is 9.48 Å². The van der Waals surface area contributed by atoms with Crippen LogP contribution in [0.25, 0.3) is 6.08 Å². The van der Waals surface area contributed by atoms with Crippen LogP contribution in [0, 0.1) is 5.41 Å². The van der Waals surface area contributed by atoms with Crippen molar-refractivity contribution < 1.29 is 9.90 Å². The smallest absolute Gasteiger partial charge is 0.244 e. The number of amides is 1. The zero-order chi connectivity index (χ0) is 13.6. The van der Waals surface area contributed by atoms with Crippen LogP contribution in [0.3, 0.4) is 0 Å². The van der Waals surface area contributed by atoms with Crippen LogP contribution in [0.4, 0.5) is 0 Å². The molecule has 1 amide bonds. The van der Waals surface area contributed by atoms with E-state index in [9.17, 15) is 4.79 Å². The van der Waals surface area contributed by atoms with Gasteiger partial charge in [0.1, 0.15) is 0 Å². The third kappa shape index (κ3) is 5.14. The van der Waals surface area contributed by atoms with E-state index in [1.807, 2.05) is 27.1 Å². The number of carbonyl (C=O) groups is 1. The van der Waals surface area contributed by atoms with E-state index in [0.29, 0.717) is 13.0 Å². The molecule has 0 unspecified atom stereocenters. The molecule has 0 saturated carbocycles. The molecular weight excluding hydrogens is 230 g/mol. The highest BCUT2D eigenvalue weighted by Crippen LogP contribution is 2.17. The third-order valence-corrected chi connectivity index (χ3v) is 2.68. The Morgan fingerprint density at radius 1 is 1.61 bits per heavy atom. The molecule has 0 atom stereocenters. The highest BCUT2D eigenvalue weighted by Gasteiger charge is 2.17. The average molecular weight is 251 g/mol. The van der Waals surface area contributed by atoms with Crippen LogP contribution < -0.4 is 5.32 Å². The minimum atomic E-state index is -0.134. The molecular formula is C13H21N3O2. The van der Waals surface area contributed by atoms with Crippen molar-refractivity contribution in [2.45, 2.75) is 20.3 Å². The van der Waals surface area contributed by atoms with Crippen molar-refractivity contribution in [1.82, 2.24) is 15.1 Å². The van der Waals surface area contributed by atoms with Gasteiger partial charge in [0.25, 0.3) is 0 Å². The molecule has 0 aromatic carbocycles. The summed E-state index contributed by atoms with van der Waals surface area (Å²) >= 11 is 0. The van der Waals surface area contributed by atoms with Gasteiger partial charge in [-0.25, -0.2) is 0 Å². The summed E-state index contributed by atoms with van der Waals surface area (Å²) in [6, 6.07) is 0. The first-order chi connectivity index (χ1) is 8.43. The van der Waals surface area contributed by atoms with Gasteiger partial charge in [-0.05, 0) is 17.9 Å². The van der Waals surface area contributed by atoms with E-state index in [1.54, 1.807) is 17.0 Å². The van der Waals surface area contributed by atoms with E-state index in [2.05, 4.69) is 10.4 Å². The second-order valence-corrected chi connectivity index (χ2v) is 5.14. The van der Waals surface area contributed by atoms with Crippen molar-refractivity contribution in [2.75, 3.05) is 13.2 Å². The first kappa shape index (κ1) is 14.4. The average Bonchev–Trinajstić information content (AvgIpc) is 2.70. The lowest BCUT2D eigenvalue weighted by atomic mass is 9.90. The first-order valence-corrected chi connectivity index (χ1v) is 5.98. The number of nitrogens with zero attached hydrogens (tertiary/aromatic N) is 2. The molecule has 0 saturated heterocycles. The number of aliphatic hydroxyl groups is 1. The summed E-state index contributed by atoms with van der Waals surface area (Å²) in [6.07, 6.45) is 7.41. The molecule has 0 spiro atoms. The minimum Gasteiger partial charge on any atom is -0.396 e. The van der Waals surface area contributed by atoms with Crippen molar-refractivity contribution in [1.29, 1.82) is 0 Å². The monoisotopic (exact) mass is 251 g/mol. The maximum atomic E-state index is 11.6. The molecule has 18 heavy (non-hydrogen) atoms. The zero-order valence-corrected chi connectivity index (χ0v) is 11.2. The predicted octanol–water partition coefficient (Wildman–Crippen LogP) is 0.958. The van der Waals surface area contributed by atoms with Gasteiger partial charge in [-0.15, -0.1) is 0 Å². The minimum absolute atomic E-state index is 0.0907. The van der Waals surface area contributed by atoms with Crippen LogP contribution in [-0.4, -0.2) is 33.9 Å².